The molecule has 1 aromatic carbocycles. The number of carbonyl (C=O) groups is 2. The van der Waals surface area contributed by atoms with Gasteiger partial charge in [-0.2, -0.15) is 0 Å². The summed E-state index contributed by atoms with van der Waals surface area (Å²) in [4.78, 5) is 26.5. The summed E-state index contributed by atoms with van der Waals surface area (Å²) in [7, 11) is 3.94. The van der Waals surface area contributed by atoms with E-state index in [1.165, 1.54) is 18.2 Å². The lowest BCUT2D eigenvalue weighted by molar-refractivity contribution is -0.117. The first-order valence-electron chi connectivity index (χ1n) is 10.5. The van der Waals surface area contributed by atoms with E-state index in [1.807, 2.05) is 42.6 Å². The van der Waals surface area contributed by atoms with Crippen LogP contribution < -0.4 is 10.6 Å². The third-order valence-electron chi connectivity index (χ3n) is 5.42. The second-order valence-electron chi connectivity index (χ2n) is 7.94. The summed E-state index contributed by atoms with van der Waals surface area (Å²) in [6.07, 6.45) is 5.37. The molecule has 1 heterocycles. The number of thioether (sulfide) groups is 1. The van der Waals surface area contributed by atoms with E-state index in [1.54, 1.807) is 12.1 Å². The molecule has 3 rings (SSSR count). The molecule has 3 amide bonds. The summed E-state index contributed by atoms with van der Waals surface area (Å²) < 4.78 is 1.92. The fourth-order valence-corrected chi connectivity index (χ4v) is 4.36. The fourth-order valence-electron chi connectivity index (χ4n) is 3.47. The minimum absolute atomic E-state index is 0.00706. The average Bonchev–Trinajstić information content (AvgIpc) is 3.16. The first kappa shape index (κ1) is 23.6. The number of halogens is 1. The number of nitrogens with one attached hydrogen (secondary N) is 2. The van der Waals surface area contributed by atoms with Crippen molar-refractivity contribution in [2.75, 3.05) is 19.8 Å². The van der Waals surface area contributed by atoms with Gasteiger partial charge in [0.25, 0.3) is 0 Å². The molecule has 10 heteroatoms. The number of amides is 3. The summed E-state index contributed by atoms with van der Waals surface area (Å²) in [6, 6.07) is 7.11. The zero-order chi connectivity index (χ0) is 22.4. The molecule has 168 valence electrons. The largest absolute Gasteiger partial charge is 0.335 e. The molecule has 1 fully saturated rings. The molecule has 0 radical (unpaired) electrons. The van der Waals surface area contributed by atoms with Gasteiger partial charge in [0.05, 0.1) is 11.8 Å². The number of carbonyl (C=O) groups excluding carboxylic acids is 2. The zero-order valence-electron chi connectivity index (χ0n) is 18.1. The second-order valence-corrected chi connectivity index (χ2v) is 9.32. The molecule has 0 spiro atoms. The third-order valence-corrected chi connectivity index (χ3v) is 6.60. The molecule has 1 atom stereocenters. The number of rotatable bonds is 7. The highest BCUT2D eigenvalue weighted by molar-refractivity contribution is 7.99. The van der Waals surface area contributed by atoms with Crippen molar-refractivity contribution in [1.82, 2.24) is 30.3 Å². The van der Waals surface area contributed by atoms with Gasteiger partial charge in [0, 0.05) is 16.8 Å². The van der Waals surface area contributed by atoms with E-state index in [-0.39, 0.29) is 23.7 Å². The van der Waals surface area contributed by atoms with Crippen molar-refractivity contribution < 1.29 is 9.59 Å². The Hall–Kier alpha value is -2.10. The van der Waals surface area contributed by atoms with E-state index in [2.05, 4.69) is 20.8 Å². The van der Waals surface area contributed by atoms with Gasteiger partial charge in [-0.3, -0.25) is 19.6 Å². The van der Waals surface area contributed by atoms with Gasteiger partial charge in [0.15, 0.2) is 11.0 Å². The summed E-state index contributed by atoms with van der Waals surface area (Å²) in [5, 5.41) is 15.2. The van der Waals surface area contributed by atoms with Crippen LogP contribution in [0.3, 0.4) is 0 Å². The minimum atomic E-state index is -0.432. The molecule has 2 aromatic rings. The lowest BCUT2D eigenvalue weighted by Gasteiger charge is -2.22. The van der Waals surface area contributed by atoms with Gasteiger partial charge in [-0.25, -0.2) is 4.79 Å². The number of aromatic nitrogens is 3. The molecule has 1 aromatic heterocycles. The molecule has 8 nitrogen and oxygen atoms in total. The Morgan fingerprint density at radius 1 is 1.19 bits per heavy atom. The van der Waals surface area contributed by atoms with Crippen LogP contribution in [0.1, 0.15) is 50.9 Å². The molecular formula is C21H29ClN6O2S. The van der Waals surface area contributed by atoms with Crippen LogP contribution in [0.25, 0.3) is 5.69 Å². The summed E-state index contributed by atoms with van der Waals surface area (Å²) in [6.45, 7) is 2.03. The van der Waals surface area contributed by atoms with E-state index < -0.39 is 6.03 Å². The SMILES string of the molecule is C[C@H](c1nnc(SCC(=O)NC(=O)NC2CCCCC2)n1-c1ccc(Cl)cc1)N(C)C. The zero-order valence-corrected chi connectivity index (χ0v) is 19.7. The number of nitrogens with zero attached hydrogens (tertiary/aromatic N) is 4. The normalized spacial score (nSPS) is 15.6. The molecule has 31 heavy (non-hydrogen) atoms. The van der Waals surface area contributed by atoms with Crippen LogP contribution in [0.5, 0.6) is 0 Å². The lowest BCUT2D eigenvalue weighted by Crippen LogP contribution is -2.45. The van der Waals surface area contributed by atoms with Crippen molar-refractivity contribution in [3.63, 3.8) is 0 Å². The second kappa shape index (κ2) is 11.0. The highest BCUT2D eigenvalue weighted by Crippen LogP contribution is 2.27. The van der Waals surface area contributed by atoms with Gasteiger partial charge >= 0.3 is 6.03 Å². The first-order chi connectivity index (χ1) is 14.8. The predicted molar refractivity (Wildman–Crippen MR) is 123 cm³/mol. The molecular weight excluding hydrogens is 436 g/mol. The standard InChI is InChI=1S/C21H29ClN6O2S/c1-14(27(2)3)19-25-26-21(28(19)17-11-9-15(22)10-12-17)31-13-18(29)24-20(30)23-16-7-5-4-6-8-16/h9-12,14,16H,4-8,13H2,1-3H3,(H2,23,24,29,30)/t14-/m1/s1. The minimum Gasteiger partial charge on any atom is -0.335 e. The maximum atomic E-state index is 12.3. The Morgan fingerprint density at radius 3 is 2.52 bits per heavy atom. The Bertz CT molecular complexity index is 896. The van der Waals surface area contributed by atoms with Gasteiger partial charge in [-0.05, 0) is 58.1 Å². The van der Waals surface area contributed by atoms with Crippen LogP contribution in [0.15, 0.2) is 29.4 Å². The van der Waals surface area contributed by atoms with Gasteiger partial charge in [-0.1, -0.05) is 42.6 Å². The summed E-state index contributed by atoms with van der Waals surface area (Å²) >= 11 is 7.28. The highest BCUT2D eigenvalue weighted by atomic mass is 35.5. The first-order valence-corrected chi connectivity index (χ1v) is 11.8. The van der Waals surface area contributed by atoms with Crippen molar-refractivity contribution in [1.29, 1.82) is 0 Å². The fraction of sp³-hybridized carbons (Fsp3) is 0.524. The summed E-state index contributed by atoms with van der Waals surface area (Å²) in [5.41, 5.74) is 0.857. The van der Waals surface area contributed by atoms with Crippen LogP contribution in [-0.4, -0.2) is 57.5 Å². The third kappa shape index (κ3) is 6.44. The molecule has 0 bridgehead atoms. The molecule has 1 aliphatic rings. The molecule has 0 saturated heterocycles. The number of hydrogen-bond acceptors (Lipinski definition) is 6. The Morgan fingerprint density at radius 2 is 1.87 bits per heavy atom. The van der Waals surface area contributed by atoms with Crippen molar-refractivity contribution in [2.24, 2.45) is 0 Å². The van der Waals surface area contributed by atoms with Crippen LogP contribution in [0, 0.1) is 0 Å². The lowest BCUT2D eigenvalue weighted by atomic mass is 9.96. The number of imide groups is 1. The van der Waals surface area contributed by atoms with E-state index in [0.717, 1.165) is 37.2 Å². The van der Waals surface area contributed by atoms with E-state index in [0.29, 0.717) is 10.2 Å². The van der Waals surface area contributed by atoms with Gasteiger partial charge in [0.2, 0.25) is 5.91 Å². The predicted octanol–water partition coefficient (Wildman–Crippen LogP) is 3.79. The maximum Gasteiger partial charge on any atom is 0.321 e. The van der Waals surface area contributed by atoms with Crippen LogP contribution in [0.4, 0.5) is 4.79 Å². The van der Waals surface area contributed by atoms with Gasteiger partial charge in [-0.15, -0.1) is 10.2 Å². The van der Waals surface area contributed by atoms with E-state index in [9.17, 15) is 9.59 Å². The topological polar surface area (TPSA) is 92.1 Å². The summed E-state index contributed by atoms with van der Waals surface area (Å²) in [5.74, 6) is 0.441. The smallest absolute Gasteiger partial charge is 0.321 e. The number of benzene rings is 1. The molecule has 1 aliphatic carbocycles. The van der Waals surface area contributed by atoms with Crippen molar-refractivity contribution in [3.8, 4) is 5.69 Å². The van der Waals surface area contributed by atoms with E-state index >= 15 is 0 Å². The van der Waals surface area contributed by atoms with Crippen LogP contribution in [-0.2, 0) is 4.79 Å². The van der Waals surface area contributed by atoms with Crippen LogP contribution in [0.2, 0.25) is 5.02 Å². The highest BCUT2D eigenvalue weighted by Gasteiger charge is 2.22. The molecule has 1 saturated carbocycles. The number of urea groups is 1. The van der Waals surface area contributed by atoms with Crippen molar-refractivity contribution >= 4 is 35.3 Å². The Labute approximate surface area is 192 Å². The number of hydrogen-bond donors (Lipinski definition) is 2. The van der Waals surface area contributed by atoms with Gasteiger partial charge in [0.1, 0.15) is 0 Å². The molecule has 0 unspecified atom stereocenters. The van der Waals surface area contributed by atoms with Gasteiger partial charge < -0.3 is 5.32 Å². The maximum absolute atomic E-state index is 12.3. The molecule has 0 aliphatic heterocycles. The quantitative estimate of drug-likeness (QED) is 0.605. The van der Waals surface area contributed by atoms with Crippen molar-refractivity contribution in [2.45, 2.75) is 56.3 Å². The van der Waals surface area contributed by atoms with Crippen LogP contribution >= 0.6 is 23.4 Å². The Kier molecular flexibility index (Phi) is 8.34. The Balaban J connectivity index is 1.67. The monoisotopic (exact) mass is 464 g/mol. The average molecular weight is 465 g/mol. The van der Waals surface area contributed by atoms with E-state index in [4.69, 9.17) is 11.6 Å². The van der Waals surface area contributed by atoms with Crippen molar-refractivity contribution in [3.05, 3.63) is 35.1 Å². The molecule has 2 N–H and O–H groups in total.